The van der Waals surface area contributed by atoms with Crippen molar-refractivity contribution in [3.05, 3.63) is 35.4 Å². The van der Waals surface area contributed by atoms with E-state index in [1.54, 1.807) is 0 Å². The van der Waals surface area contributed by atoms with Gasteiger partial charge in [0.15, 0.2) is 0 Å². The second kappa shape index (κ2) is 5.32. The molecule has 1 amide bonds. The van der Waals surface area contributed by atoms with Crippen molar-refractivity contribution in [1.82, 2.24) is 5.32 Å². The van der Waals surface area contributed by atoms with Gasteiger partial charge in [0.1, 0.15) is 0 Å². The molecule has 0 spiro atoms. The van der Waals surface area contributed by atoms with Crippen LogP contribution in [0.15, 0.2) is 24.3 Å². The Morgan fingerprint density at radius 1 is 1.29 bits per heavy atom. The van der Waals surface area contributed by atoms with Gasteiger partial charge in [0, 0.05) is 17.6 Å². The monoisotopic (exact) mass is 232 g/mol. The predicted octanol–water partition coefficient (Wildman–Crippen LogP) is 2.38. The smallest absolute Gasteiger partial charge is 0.251 e. The van der Waals surface area contributed by atoms with Gasteiger partial charge in [-0.05, 0) is 37.5 Å². The summed E-state index contributed by atoms with van der Waals surface area (Å²) in [5, 5.41) is 3.07. The minimum atomic E-state index is 0.0157. The van der Waals surface area contributed by atoms with Gasteiger partial charge in [-0.1, -0.05) is 25.0 Å². The van der Waals surface area contributed by atoms with Crippen LogP contribution in [0.5, 0.6) is 0 Å². The maximum Gasteiger partial charge on any atom is 0.251 e. The zero-order valence-electron chi connectivity index (χ0n) is 10.3. The minimum Gasteiger partial charge on any atom is -0.349 e. The normalized spacial score (nSPS) is 18.0. The Morgan fingerprint density at radius 3 is 2.41 bits per heavy atom. The summed E-state index contributed by atoms with van der Waals surface area (Å²) in [6, 6.07) is 7.94. The van der Waals surface area contributed by atoms with Crippen molar-refractivity contribution in [1.29, 1.82) is 0 Å². The lowest BCUT2D eigenvalue weighted by molar-refractivity contribution is 0.0938. The number of hydrogen-bond acceptors (Lipinski definition) is 2. The number of rotatable bonds is 3. The van der Waals surface area contributed by atoms with E-state index in [0.29, 0.717) is 6.04 Å². The summed E-state index contributed by atoms with van der Waals surface area (Å²) >= 11 is 0. The zero-order chi connectivity index (χ0) is 12.3. The molecule has 3 N–H and O–H groups in total. The van der Waals surface area contributed by atoms with Crippen molar-refractivity contribution in [3.63, 3.8) is 0 Å². The van der Waals surface area contributed by atoms with Crippen LogP contribution in [0.2, 0.25) is 0 Å². The molecule has 1 aliphatic rings. The molecular weight excluding hydrogens is 212 g/mol. The third kappa shape index (κ3) is 3.07. The number of amides is 1. The summed E-state index contributed by atoms with van der Waals surface area (Å²) in [4.78, 5) is 11.9. The molecule has 0 bridgehead atoms. The fourth-order valence-electron chi connectivity index (χ4n) is 2.28. The summed E-state index contributed by atoms with van der Waals surface area (Å²) in [7, 11) is 0. The maximum atomic E-state index is 11.9. The Bertz CT molecular complexity index is 378. The van der Waals surface area contributed by atoms with E-state index >= 15 is 0 Å². The zero-order valence-corrected chi connectivity index (χ0v) is 10.3. The van der Waals surface area contributed by atoms with Gasteiger partial charge >= 0.3 is 0 Å². The lowest BCUT2D eigenvalue weighted by atomic mass is 10.1. The molecule has 0 aromatic heterocycles. The number of nitrogens with two attached hydrogens (primary N) is 1. The molecule has 1 aromatic rings. The lowest BCUT2D eigenvalue weighted by Gasteiger charge is -2.12. The van der Waals surface area contributed by atoms with Crippen LogP contribution in [-0.2, 0) is 0 Å². The summed E-state index contributed by atoms with van der Waals surface area (Å²) in [6.07, 6.45) is 4.69. The van der Waals surface area contributed by atoms with Crippen molar-refractivity contribution >= 4 is 5.91 Å². The molecule has 1 fully saturated rings. The average molecular weight is 232 g/mol. The molecule has 0 saturated heterocycles. The highest BCUT2D eigenvalue weighted by atomic mass is 16.1. The van der Waals surface area contributed by atoms with Crippen molar-refractivity contribution in [2.45, 2.75) is 44.7 Å². The first-order valence-electron chi connectivity index (χ1n) is 6.33. The molecule has 2 rings (SSSR count). The topological polar surface area (TPSA) is 55.1 Å². The Morgan fingerprint density at radius 2 is 1.88 bits per heavy atom. The van der Waals surface area contributed by atoms with E-state index in [9.17, 15) is 4.79 Å². The molecule has 3 nitrogen and oxygen atoms in total. The number of benzene rings is 1. The van der Waals surface area contributed by atoms with Crippen molar-refractivity contribution in [3.8, 4) is 0 Å². The van der Waals surface area contributed by atoms with Crippen LogP contribution in [-0.4, -0.2) is 11.9 Å². The van der Waals surface area contributed by atoms with Crippen molar-refractivity contribution < 1.29 is 4.79 Å². The SMILES string of the molecule is CC(N)c1ccc(C(=O)NC2CCCC2)cc1. The molecular formula is C14H20N2O. The third-order valence-corrected chi connectivity index (χ3v) is 3.39. The first kappa shape index (κ1) is 12.1. The maximum absolute atomic E-state index is 11.9. The van der Waals surface area contributed by atoms with E-state index in [2.05, 4.69) is 5.32 Å². The third-order valence-electron chi connectivity index (χ3n) is 3.39. The van der Waals surface area contributed by atoms with Gasteiger partial charge in [0.05, 0.1) is 0 Å². The van der Waals surface area contributed by atoms with Gasteiger partial charge < -0.3 is 11.1 Å². The molecule has 1 atom stereocenters. The second-order valence-corrected chi connectivity index (χ2v) is 4.87. The molecule has 0 aliphatic heterocycles. The van der Waals surface area contributed by atoms with Gasteiger partial charge in [-0.25, -0.2) is 0 Å². The standard InChI is InChI=1S/C14H20N2O/c1-10(15)11-6-8-12(9-7-11)14(17)16-13-4-2-3-5-13/h6-10,13H,2-5,15H2,1H3,(H,16,17). The first-order valence-corrected chi connectivity index (χ1v) is 6.33. The first-order chi connectivity index (χ1) is 8.16. The fraction of sp³-hybridized carbons (Fsp3) is 0.500. The van der Waals surface area contributed by atoms with Crippen LogP contribution in [0, 0.1) is 0 Å². The highest BCUT2D eigenvalue weighted by Crippen LogP contribution is 2.18. The molecule has 92 valence electrons. The van der Waals surface area contributed by atoms with Crippen molar-refractivity contribution in [2.75, 3.05) is 0 Å². The van der Waals surface area contributed by atoms with E-state index in [-0.39, 0.29) is 11.9 Å². The van der Waals surface area contributed by atoms with Gasteiger partial charge in [0.25, 0.3) is 5.91 Å². The minimum absolute atomic E-state index is 0.0157. The Hall–Kier alpha value is -1.35. The van der Waals surface area contributed by atoms with Crippen LogP contribution in [0.4, 0.5) is 0 Å². The van der Waals surface area contributed by atoms with E-state index in [4.69, 9.17) is 5.73 Å². The van der Waals surface area contributed by atoms with Gasteiger partial charge in [-0.15, -0.1) is 0 Å². The largest absolute Gasteiger partial charge is 0.349 e. The molecule has 17 heavy (non-hydrogen) atoms. The quantitative estimate of drug-likeness (QED) is 0.840. The molecule has 1 aromatic carbocycles. The Labute approximate surface area is 102 Å². The van der Waals surface area contributed by atoms with E-state index < -0.39 is 0 Å². The van der Waals surface area contributed by atoms with Crippen LogP contribution in [0.3, 0.4) is 0 Å². The van der Waals surface area contributed by atoms with Gasteiger partial charge in [-0.3, -0.25) is 4.79 Å². The summed E-state index contributed by atoms with van der Waals surface area (Å²) in [6.45, 7) is 1.94. The van der Waals surface area contributed by atoms with Crippen LogP contribution >= 0.6 is 0 Å². The Balaban J connectivity index is 1.98. The van der Waals surface area contributed by atoms with E-state index in [0.717, 1.165) is 24.0 Å². The van der Waals surface area contributed by atoms with E-state index in [1.807, 2.05) is 31.2 Å². The number of carbonyl (C=O) groups is 1. The molecule has 3 heteroatoms. The molecule has 1 saturated carbocycles. The highest BCUT2D eigenvalue weighted by molar-refractivity contribution is 5.94. The van der Waals surface area contributed by atoms with Gasteiger partial charge in [-0.2, -0.15) is 0 Å². The summed E-state index contributed by atoms with van der Waals surface area (Å²) in [5.41, 5.74) is 7.55. The predicted molar refractivity (Wildman–Crippen MR) is 68.8 cm³/mol. The average Bonchev–Trinajstić information content (AvgIpc) is 2.82. The number of nitrogens with one attached hydrogen (secondary N) is 1. The fourth-order valence-corrected chi connectivity index (χ4v) is 2.28. The molecule has 0 radical (unpaired) electrons. The Kier molecular flexibility index (Phi) is 3.79. The number of hydrogen-bond donors (Lipinski definition) is 2. The highest BCUT2D eigenvalue weighted by Gasteiger charge is 2.17. The van der Waals surface area contributed by atoms with Crippen LogP contribution in [0.25, 0.3) is 0 Å². The van der Waals surface area contributed by atoms with Crippen LogP contribution in [0.1, 0.15) is 54.6 Å². The van der Waals surface area contributed by atoms with E-state index in [1.165, 1.54) is 12.8 Å². The number of carbonyl (C=O) groups excluding carboxylic acids is 1. The van der Waals surface area contributed by atoms with Crippen molar-refractivity contribution in [2.24, 2.45) is 5.73 Å². The molecule has 0 heterocycles. The molecule has 1 aliphatic carbocycles. The second-order valence-electron chi connectivity index (χ2n) is 4.87. The summed E-state index contributed by atoms with van der Waals surface area (Å²) in [5.74, 6) is 0.0353. The van der Waals surface area contributed by atoms with Crippen LogP contribution < -0.4 is 11.1 Å². The lowest BCUT2D eigenvalue weighted by Crippen LogP contribution is -2.32. The van der Waals surface area contributed by atoms with Gasteiger partial charge in [0.2, 0.25) is 0 Å². The summed E-state index contributed by atoms with van der Waals surface area (Å²) < 4.78 is 0. The molecule has 1 unspecified atom stereocenters.